The minimum Gasteiger partial charge on any atom is -0.238 e. The van der Waals surface area contributed by atoms with Crippen molar-refractivity contribution >= 4 is 23.2 Å². The van der Waals surface area contributed by atoms with E-state index in [4.69, 9.17) is 28.5 Å². The molecular weight excluding hydrogens is 183 g/mol. The minimum atomic E-state index is 0.239. The summed E-state index contributed by atoms with van der Waals surface area (Å²) in [4.78, 5) is 3.85. The van der Waals surface area contributed by atoms with Crippen LogP contribution < -0.4 is 0 Å². The summed E-state index contributed by atoms with van der Waals surface area (Å²) in [6.07, 6.45) is 0. The predicted octanol–water partition coefficient (Wildman–Crippen LogP) is 2.57. The molecule has 0 aliphatic heterocycles. The lowest BCUT2D eigenvalue weighted by atomic mass is 10.2. The summed E-state index contributed by atoms with van der Waals surface area (Å²) < 4.78 is 0. The molecule has 0 amide bonds. The van der Waals surface area contributed by atoms with Crippen molar-refractivity contribution in [1.29, 1.82) is 5.26 Å². The van der Waals surface area contributed by atoms with Gasteiger partial charge in [-0.2, -0.15) is 5.26 Å². The Kier molecular flexibility index (Phi) is 2.33. The Morgan fingerprint density at radius 2 is 2.18 bits per heavy atom. The highest BCUT2D eigenvalue weighted by Crippen LogP contribution is 2.21. The van der Waals surface area contributed by atoms with E-state index in [1.807, 2.05) is 6.07 Å². The lowest BCUT2D eigenvalue weighted by molar-refractivity contribution is 1.18. The maximum Gasteiger partial charge on any atom is 0.147 e. The molecule has 0 aliphatic carbocycles. The number of hydrogen-bond acceptors (Lipinski definition) is 2. The third-order valence-electron chi connectivity index (χ3n) is 1.24. The first kappa shape index (κ1) is 8.32. The van der Waals surface area contributed by atoms with Gasteiger partial charge in [-0.3, -0.25) is 0 Å². The number of nitrogens with zero attached hydrogens (tertiary/aromatic N) is 2. The summed E-state index contributed by atoms with van der Waals surface area (Å²) in [5.41, 5.74) is 1.06. The zero-order valence-corrected chi connectivity index (χ0v) is 7.24. The Morgan fingerprint density at radius 1 is 1.55 bits per heavy atom. The van der Waals surface area contributed by atoms with E-state index in [2.05, 4.69) is 4.98 Å². The molecule has 1 rings (SSSR count). The van der Waals surface area contributed by atoms with E-state index in [-0.39, 0.29) is 5.15 Å². The van der Waals surface area contributed by atoms with Gasteiger partial charge in [0.2, 0.25) is 0 Å². The van der Waals surface area contributed by atoms with Gasteiger partial charge in [0, 0.05) is 0 Å². The van der Waals surface area contributed by atoms with Crippen LogP contribution in [0.25, 0.3) is 0 Å². The van der Waals surface area contributed by atoms with Crippen LogP contribution in [0.3, 0.4) is 0 Å². The maximum atomic E-state index is 8.54. The molecule has 0 saturated heterocycles. The molecule has 0 radical (unpaired) electrons. The molecule has 0 fully saturated rings. The van der Waals surface area contributed by atoms with E-state index in [9.17, 15) is 0 Å². The Balaban J connectivity index is 3.35. The van der Waals surface area contributed by atoms with Gasteiger partial charge in [0.05, 0.1) is 16.3 Å². The fraction of sp³-hybridized carbons (Fsp3) is 0.143. The largest absolute Gasteiger partial charge is 0.238 e. The van der Waals surface area contributed by atoms with E-state index in [0.717, 1.165) is 0 Å². The van der Waals surface area contributed by atoms with Gasteiger partial charge in [0.25, 0.3) is 0 Å². The van der Waals surface area contributed by atoms with Crippen LogP contribution in [0.1, 0.15) is 11.3 Å². The number of aryl methyl sites for hydroxylation is 1. The molecule has 0 atom stereocenters. The van der Waals surface area contributed by atoms with Crippen LogP contribution in [0.15, 0.2) is 6.07 Å². The number of rotatable bonds is 0. The van der Waals surface area contributed by atoms with Crippen LogP contribution in [0.5, 0.6) is 0 Å². The van der Waals surface area contributed by atoms with Crippen LogP contribution in [-0.2, 0) is 0 Å². The molecule has 0 spiro atoms. The van der Waals surface area contributed by atoms with Crippen LogP contribution in [-0.4, -0.2) is 4.98 Å². The highest BCUT2D eigenvalue weighted by atomic mass is 35.5. The van der Waals surface area contributed by atoms with Crippen LogP contribution >= 0.6 is 23.2 Å². The average Bonchev–Trinajstić information content (AvgIpc) is 1.97. The highest BCUT2D eigenvalue weighted by Gasteiger charge is 2.03. The molecule has 0 unspecified atom stereocenters. The molecular formula is C7H4Cl2N2. The minimum absolute atomic E-state index is 0.239. The van der Waals surface area contributed by atoms with Gasteiger partial charge < -0.3 is 0 Å². The monoisotopic (exact) mass is 186 g/mol. The molecule has 0 aliphatic rings. The van der Waals surface area contributed by atoms with Gasteiger partial charge >= 0.3 is 0 Å². The fourth-order valence-corrected chi connectivity index (χ4v) is 0.997. The zero-order valence-electron chi connectivity index (χ0n) is 5.73. The number of pyridine rings is 1. The molecule has 0 saturated carbocycles. The SMILES string of the molecule is Cc1nc(Cl)c(Cl)cc1C#N. The average molecular weight is 187 g/mol. The van der Waals surface area contributed by atoms with Crippen molar-refractivity contribution in [3.05, 3.63) is 27.5 Å². The fourth-order valence-electron chi connectivity index (χ4n) is 0.665. The topological polar surface area (TPSA) is 36.7 Å². The third kappa shape index (κ3) is 1.62. The molecule has 1 aromatic rings. The number of halogens is 2. The van der Waals surface area contributed by atoms with Gasteiger partial charge in [0.15, 0.2) is 0 Å². The summed E-state index contributed by atoms with van der Waals surface area (Å²) in [5.74, 6) is 0. The standard InChI is InChI=1S/C7H4Cl2N2/c1-4-5(3-10)2-6(8)7(9)11-4/h2H,1H3. The molecule has 0 aromatic carbocycles. The van der Waals surface area contributed by atoms with E-state index in [0.29, 0.717) is 16.3 Å². The first-order valence-electron chi connectivity index (χ1n) is 2.88. The van der Waals surface area contributed by atoms with E-state index < -0.39 is 0 Å². The smallest absolute Gasteiger partial charge is 0.147 e. The molecule has 1 heterocycles. The van der Waals surface area contributed by atoms with Crippen molar-refractivity contribution in [2.24, 2.45) is 0 Å². The Morgan fingerprint density at radius 3 is 2.73 bits per heavy atom. The van der Waals surface area contributed by atoms with Crippen molar-refractivity contribution in [1.82, 2.24) is 4.98 Å². The second-order valence-corrected chi connectivity index (χ2v) is 2.77. The second-order valence-electron chi connectivity index (χ2n) is 2.01. The van der Waals surface area contributed by atoms with Crippen LogP contribution in [0, 0.1) is 18.3 Å². The van der Waals surface area contributed by atoms with Gasteiger partial charge in [0.1, 0.15) is 11.2 Å². The summed E-state index contributed by atoms with van der Waals surface area (Å²) in [6, 6.07) is 3.46. The summed E-state index contributed by atoms with van der Waals surface area (Å²) in [6.45, 7) is 1.71. The van der Waals surface area contributed by atoms with E-state index >= 15 is 0 Å². The van der Waals surface area contributed by atoms with Crippen molar-refractivity contribution in [3.8, 4) is 6.07 Å². The first-order valence-corrected chi connectivity index (χ1v) is 3.63. The van der Waals surface area contributed by atoms with Crippen LogP contribution in [0.4, 0.5) is 0 Å². The molecule has 11 heavy (non-hydrogen) atoms. The van der Waals surface area contributed by atoms with Crippen molar-refractivity contribution in [2.75, 3.05) is 0 Å². The van der Waals surface area contributed by atoms with Gasteiger partial charge in [-0.15, -0.1) is 0 Å². The second kappa shape index (κ2) is 3.08. The Bertz CT molecular complexity index is 328. The van der Waals surface area contributed by atoms with Crippen molar-refractivity contribution < 1.29 is 0 Å². The van der Waals surface area contributed by atoms with Gasteiger partial charge in [-0.1, -0.05) is 23.2 Å². The van der Waals surface area contributed by atoms with Crippen molar-refractivity contribution in [3.63, 3.8) is 0 Å². The predicted molar refractivity (Wildman–Crippen MR) is 43.7 cm³/mol. The first-order chi connectivity index (χ1) is 5.15. The van der Waals surface area contributed by atoms with Crippen molar-refractivity contribution in [2.45, 2.75) is 6.92 Å². The summed E-state index contributed by atoms with van der Waals surface area (Å²) in [5, 5.41) is 9.09. The normalized spacial score (nSPS) is 9.27. The lowest BCUT2D eigenvalue weighted by Crippen LogP contribution is -1.88. The molecule has 1 aromatic heterocycles. The van der Waals surface area contributed by atoms with Crippen LogP contribution in [0.2, 0.25) is 10.2 Å². The highest BCUT2D eigenvalue weighted by molar-refractivity contribution is 6.41. The quantitative estimate of drug-likeness (QED) is 0.585. The summed E-state index contributed by atoms with van der Waals surface area (Å²) >= 11 is 11.2. The molecule has 0 bridgehead atoms. The maximum absolute atomic E-state index is 8.54. The molecule has 4 heteroatoms. The number of aromatic nitrogens is 1. The van der Waals surface area contributed by atoms with E-state index in [1.165, 1.54) is 6.07 Å². The Labute approximate surface area is 74.4 Å². The zero-order chi connectivity index (χ0) is 8.43. The number of nitriles is 1. The molecule has 56 valence electrons. The summed E-state index contributed by atoms with van der Waals surface area (Å²) in [7, 11) is 0. The van der Waals surface area contributed by atoms with E-state index in [1.54, 1.807) is 6.92 Å². The van der Waals surface area contributed by atoms with Gasteiger partial charge in [-0.25, -0.2) is 4.98 Å². The van der Waals surface area contributed by atoms with Gasteiger partial charge in [-0.05, 0) is 13.0 Å². The molecule has 0 N–H and O–H groups in total. The number of hydrogen-bond donors (Lipinski definition) is 0. The third-order valence-corrected chi connectivity index (χ3v) is 1.92. The molecule has 2 nitrogen and oxygen atoms in total. The lowest BCUT2D eigenvalue weighted by Gasteiger charge is -1.97. The Hall–Kier alpha value is -0.780.